The van der Waals surface area contributed by atoms with Crippen molar-refractivity contribution in [2.75, 3.05) is 48.4 Å². The Balaban J connectivity index is 1.34. The van der Waals surface area contributed by atoms with E-state index in [1.807, 2.05) is 35.8 Å². The molecule has 2 N–H and O–H groups in total. The molecule has 0 bridgehead atoms. The van der Waals surface area contributed by atoms with Gasteiger partial charge >= 0.3 is 0 Å². The minimum Gasteiger partial charge on any atom is -0.496 e. The van der Waals surface area contributed by atoms with Gasteiger partial charge in [-0.1, -0.05) is 18.7 Å². The molecular formula is C23H24N6O2S. The van der Waals surface area contributed by atoms with Crippen molar-refractivity contribution in [3.05, 3.63) is 65.4 Å². The molecule has 0 radical (unpaired) electrons. The van der Waals surface area contributed by atoms with Gasteiger partial charge in [-0.05, 0) is 17.7 Å². The first kappa shape index (κ1) is 20.5. The topological polar surface area (TPSA) is 82.6 Å². The van der Waals surface area contributed by atoms with Crippen molar-refractivity contribution < 1.29 is 9.53 Å². The smallest absolute Gasteiger partial charge is 0.264 e. The number of thiazole rings is 1. The van der Waals surface area contributed by atoms with E-state index in [9.17, 15) is 4.79 Å². The molecule has 2 aliphatic heterocycles. The lowest BCUT2D eigenvalue weighted by Crippen LogP contribution is -2.43. The number of piperazine rings is 1. The Labute approximate surface area is 190 Å². The Morgan fingerprint density at radius 2 is 2.12 bits per heavy atom. The van der Waals surface area contributed by atoms with Crippen molar-refractivity contribution in [2.45, 2.75) is 6.54 Å². The van der Waals surface area contributed by atoms with E-state index >= 15 is 0 Å². The van der Waals surface area contributed by atoms with Gasteiger partial charge in [-0.25, -0.2) is 4.98 Å². The molecule has 9 heteroatoms. The van der Waals surface area contributed by atoms with Crippen LogP contribution in [-0.2, 0) is 6.54 Å². The predicted molar refractivity (Wildman–Crippen MR) is 128 cm³/mol. The molecule has 1 aromatic carbocycles. The van der Waals surface area contributed by atoms with Crippen molar-refractivity contribution in [3.8, 4) is 5.75 Å². The SMILES string of the molecule is C=C(Nc1cnccc1N1CCNCC1)c1csc(N2Cc3cccc(OC)c3C2=O)n1. The van der Waals surface area contributed by atoms with Crippen LogP contribution in [0.5, 0.6) is 5.75 Å². The second-order valence-corrected chi connectivity index (χ2v) is 8.47. The number of rotatable bonds is 6. The summed E-state index contributed by atoms with van der Waals surface area (Å²) in [6.45, 7) is 8.45. The van der Waals surface area contributed by atoms with Gasteiger partial charge in [0, 0.05) is 37.8 Å². The zero-order valence-electron chi connectivity index (χ0n) is 17.8. The van der Waals surface area contributed by atoms with Gasteiger partial charge in [-0.3, -0.25) is 14.7 Å². The Hall–Kier alpha value is -3.43. The number of ether oxygens (including phenoxy) is 1. The Bertz CT molecular complexity index is 1170. The number of carbonyl (C=O) groups is 1. The number of carbonyl (C=O) groups excluding carboxylic acids is 1. The van der Waals surface area contributed by atoms with Crippen molar-refractivity contribution in [1.29, 1.82) is 0 Å². The highest BCUT2D eigenvalue weighted by Gasteiger charge is 2.33. The maximum absolute atomic E-state index is 13.0. The molecule has 4 heterocycles. The molecule has 164 valence electrons. The van der Waals surface area contributed by atoms with Crippen LogP contribution in [0.1, 0.15) is 21.6 Å². The molecule has 1 fully saturated rings. The van der Waals surface area contributed by atoms with E-state index in [1.54, 1.807) is 18.2 Å². The third-order valence-corrected chi connectivity index (χ3v) is 6.56. The summed E-state index contributed by atoms with van der Waals surface area (Å²) in [5, 5.41) is 9.30. The van der Waals surface area contributed by atoms with E-state index in [0.29, 0.717) is 34.4 Å². The first-order valence-corrected chi connectivity index (χ1v) is 11.3. The van der Waals surface area contributed by atoms with Crippen molar-refractivity contribution >= 4 is 39.4 Å². The van der Waals surface area contributed by atoms with Gasteiger partial charge in [0.1, 0.15) is 5.75 Å². The number of hydrogen-bond acceptors (Lipinski definition) is 8. The molecule has 32 heavy (non-hydrogen) atoms. The van der Waals surface area contributed by atoms with Crippen molar-refractivity contribution in [3.63, 3.8) is 0 Å². The van der Waals surface area contributed by atoms with Crippen LogP contribution in [0.2, 0.25) is 0 Å². The molecule has 5 rings (SSSR count). The molecule has 2 aliphatic rings. The highest BCUT2D eigenvalue weighted by molar-refractivity contribution is 7.14. The van der Waals surface area contributed by atoms with E-state index in [0.717, 1.165) is 43.1 Å². The molecule has 2 aromatic heterocycles. The zero-order chi connectivity index (χ0) is 22.1. The fourth-order valence-corrected chi connectivity index (χ4v) is 4.91. The number of pyridine rings is 1. The molecule has 0 spiro atoms. The average molecular weight is 449 g/mol. The third-order valence-electron chi connectivity index (χ3n) is 5.69. The fraction of sp³-hybridized carbons (Fsp3) is 0.261. The summed E-state index contributed by atoms with van der Waals surface area (Å²) in [6.07, 6.45) is 3.61. The van der Waals surface area contributed by atoms with E-state index in [4.69, 9.17) is 9.72 Å². The van der Waals surface area contributed by atoms with Crippen molar-refractivity contribution in [2.24, 2.45) is 0 Å². The molecule has 0 saturated carbocycles. The Morgan fingerprint density at radius 1 is 1.28 bits per heavy atom. The van der Waals surface area contributed by atoms with Gasteiger partial charge in [0.15, 0.2) is 5.13 Å². The Kier molecular flexibility index (Phi) is 5.50. The first-order valence-electron chi connectivity index (χ1n) is 10.4. The van der Waals surface area contributed by atoms with E-state index in [2.05, 4.69) is 27.1 Å². The summed E-state index contributed by atoms with van der Waals surface area (Å²) in [6, 6.07) is 7.67. The lowest BCUT2D eigenvalue weighted by atomic mass is 10.1. The van der Waals surface area contributed by atoms with Crippen LogP contribution >= 0.6 is 11.3 Å². The minimum atomic E-state index is -0.0924. The van der Waals surface area contributed by atoms with E-state index in [-0.39, 0.29) is 5.91 Å². The Morgan fingerprint density at radius 3 is 2.94 bits per heavy atom. The second kappa shape index (κ2) is 8.60. The summed E-state index contributed by atoms with van der Waals surface area (Å²) >= 11 is 1.42. The van der Waals surface area contributed by atoms with Crippen LogP contribution in [0.25, 0.3) is 5.70 Å². The summed E-state index contributed by atoms with van der Waals surface area (Å²) in [5.41, 5.74) is 4.91. The molecule has 1 amide bonds. The number of benzene rings is 1. The number of nitrogens with one attached hydrogen (secondary N) is 2. The summed E-state index contributed by atoms with van der Waals surface area (Å²) in [7, 11) is 1.58. The van der Waals surface area contributed by atoms with Gasteiger partial charge in [-0.2, -0.15) is 0 Å². The van der Waals surface area contributed by atoms with Gasteiger partial charge in [0.2, 0.25) is 0 Å². The van der Waals surface area contributed by atoms with E-state index < -0.39 is 0 Å². The van der Waals surface area contributed by atoms with E-state index in [1.165, 1.54) is 11.3 Å². The largest absolute Gasteiger partial charge is 0.496 e. The van der Waals surface area contributed by atoms with Crippen LogP contribution in [0.3, 0.4) is 0 Å². The van der Waals surface area contributed by atoms with Gasteiger partial charge < -0.3 is 20.3 Å². The van der Waals surface area contributed by atoms with Gasteiger partial charge in [0.05, 0.1) is 48.2 Å². The predicted octanol–water partition coefficient (Wildman–Crippen LogP) is 3.20. The summed E-state index contributed by atoms with van der Waals surface area (Å²) < 4.78 is 5.38. The quantitative estimate of drug-likeness (QED) is 0.599. The first-order chi connectivity index (χ1) is 15.7. The molecule has 1 saturated heterocycles. The lowest BCUT2D eigenvalue weighted by molar-refractivity contribution is 0.0994. The average Bonchev–Trinajstić information content (AvgIpc) is 3.45. The number of anilines is 3. The standard InChI is InChI=1S/C23H24N6O2S/c1-15(26-17-12-25-7-6-19(17)28-10-8-24-9-11-28)18-14-32-23(27-18)29-13-16-4-3-5-20(31-2)21(16)22(29)30/h3-7,12,14,24,26H,1,8-11,13H2,2H3. The highest BCUT2D eigenvalue weighted by Crippen LogP contribution is 2.36. The minimum absolute atomic E-state index is 0.0924. The van der Waals surface area contributed by atoms with Gasteiger partial charge in [-0.15, -0.1) is 11.3 Å². The number of fused-ring (bicyclic) bond motifs is 1. The van der Waals surface area contributed by atoms with Crippen LogP contribution in [-0.4, -0.2) is 49.2 Å². The highest BCUT2D eigenvalue weighted by atomic mass is 32.1. The molecule has 8 nitrogen and oxygen atoms in total. The van der Waals surface area contributed by atoms with Crippen LogP contribution in [0.15, 0.2) is 48.6 Å². The van der Waals surface area contributed by atoms with Crippen LogP contribution < -0.4 is 25.2 Å². The number of nitrogens with zero attached hydrogens (tertiary/aromatic N) is 4. The maximum Gasteiger partial charge on any atom is 0.264 e. The summed E-state index contributed by atoms with van der Waals surface area (Å²) in [4.78, 5) is 26.0. The zero-order valence-corrected chi connectivity index (χ0v) is 18.6. The molecule has 0 atom stereocenters. The third kappa shape index (κ3) is 3.69. The molecule has 3 aromatic rings. The van der Waals surface area contributed by atoms with Crippen molar-refractivity contribution in [1.82, 2.24) is 15.3 Å². The molecular weight excluding hydrogens is 424 g/mol. The maximum atomic E-state index is 13.0. The number of methoxy groups -OCH3 is 1. The van der Waals surface area contributed by atoms with Crippen LogP contribution in [0, 0.1) is 0 Å². The van der Waals surface area contributed by atoms with Gasteiger partial charge in [0.25, 0.3) is 5.91 Å². The lowest BCUT2D eigenvalue weighted by Gasteiger charge is -2.31. The number of aromatic nitrogens is 2. The second-order valence-electron chi connectivity index (χ2n) is 7.63. The molecule has 0 aliphatic carbocycles. The summed E-state index contributed by atoms with van der Waals surface area (Å²) in [5.74, 6) is 0.500. The van der Waals surface area contributed by atoms with Crippen LogP contribution in [0.4, 0.5) is 16.5 Å². The number of hydrogen-bond donors (Lipinski definition) is 2. The monoisotopic (exact) mass is 448 g/mol. The number of amides is 1. The fourth-order valence-electron chi connectivity index (χ4n) is 4.07. The normalized spacial score (nSPS) is 15.6. The molecule has 0 unspecified atom stereocenters.